The first-order chi connectivity index (χ1) is 8.02. The van der Waals surface area contributed by atoms with Crippen molar-refractivity contribution in [1.82, 2.24) is 4.98 Å². The van der Waals surface area contributed by atoms with E-state index >= 15 is 0 Å². The summed E-state index contributed by atoms with van der Waals surface area (Å²) in [4.78, 5) is 25.7. The fraction of sp³-hybridized carbons (Fsp3) is 0.364. The molecular weight excluding hydrogens is 222 g/mol. The highest BCUT2D eigenvalue weighted by atomic mass is 16.4. The maximum atomic E-state index is 11.5. The number of carbonyl (C=O) groups excluding carboxylic acids is 1. The molecule has 1 aromatic heterocycles. The highest BCUT2D eigenvalue weighted by Crippen LogP contribution is 2.08. The van der Waals surface area contributed by atoms with Gasteiger partial charge < -0.3 is 16.2 Å². The molecule has 0 saturated carbocycles. The molecule has 0 spiro atoms. The second-order valence-corrected chi connectivity index (χ2v) is 3.83. The minimum Gasteiger partial charge on any atom is -0.477 e. The fourth-order valence-electron chi connectivity index (χ4n) is 1.21. The molecule has 1 heterocycles. The van der Waals surface area contributed by atoms with Crippen molar-refractivity contribution in [2.75, 3.05) is 11.9 Å². The number of hydrogen-bond donors (Lipinski definition) is 3. The zero-order valence-corrected chi connectivity index (χ0v) is 9.51. The first-order valence-electron chi connectivity index (χ1n) is 5.22. The molecule has 0 aliphatic heterocycles. The number of carboxylic acid groups (broad SMARTS) is 1. The predicted molar refractivity (Wildman–Crippen MR) is 62.7 cm³/mol. The molecule has 1 amide bonds. The van der Waals surface area contributed by atoms with Crippen molar-refractivity contribution in [1.29, 1.82) is 0 Å². The average Bonchev–Trinajstić information content (AvgIpc) is 2.29. The SMILES string of the molecule is CC(CN)CC(=O)Nc1ccc(C(=O)O)nc1. The summed E-state index contributed by atoms with van der Waals surface area (Å²) in [5.74, 6) is -1.14. The Balaban J connectivity index is 2.57. The van der Waals surface area contributed by atoms with E-state index < -0.39 is 5.97 Å². The van der Waals surface area contributed by atoms with Crippen LogP contribution in [0.1, 0.15) is 23.8 Å². The van der Waals surface area contributed by atoms with Gasteiger partial charge in [-0.05, 0) is 24.6 Å². The van der Waals surface area contributed by atoms with Crippen molar-refractivity contribution in [3.05, 3.63) is 24.0 Å². The molecule has 1 atom stereocenters. The molecule has 92 valence electrons. The third kappa shape index (κ3) is 4.20. The van der Waals surface area contributed by atoms with Crippen LogP contribution in [0.15, 0.2) is 18.3 Å². The Labute approximate surface area is 98.8 Å². The normalized spacial score (nSPS) is 11.9. The zero-order chi connectivity index (χ0) is 12.8. The number of aromatic nitrogens is 1. The largest absolute Gasteiger partial charge is 0.477 e. The highest BCUT2D eigenvalue weighted by Gasteiger charge is 2.09. The molecule has 0 radical (unpaired) electrons. The molecule has 6 nitrogen and oxygen atoms in total. The lowest BCUT2D eigenvalue weighted by atomic mass is 10.1. The maximum Gasteiger partial charge on any atom is 0.354 e. The van der Waals surface area contributed by atoms with Crippen molar-refractivity contribution in [2.24, 2.45) is 11.7 Å². The smallest absolute Gasteiger partial charge is 0.354 e. The summed E-state index contributed by atoms with van der Waals surface area (Å²) < 4.78 is 0. The average molecular weight is 237 g/mol. The third-order valence-corrected chi connectivity index (χ3v) is 2.20. The van der Waals surface area contributed by atoms with E-state index in [0.29, 0.717) is 18.7 Å². The van der Waals surface area contributed by atoms with Crippen LogP contribution >= 0.6 is 0 Å². The Hall–Kier alpha value is -1.95. The molecular formula is C11H15N3O3. The first kappa shape index (κ1) is 13.1. The number of rotatable bonds is 5. The van der Waals surface area contributed by atoms with Crippen molar-refractivity contribution in [3.63, 3.8) is 0 Å². The predicted octanol–water partition coefficient (Wildman–Crippen LogP) is 0.703. The summed E-state index contributed by atoms with van der Waals surface area (Å²) >= 11 is 0. The summed E-state index contributed by atoms with van der Waals surface area (Å²) in [6.07, 6.45) is 1.64. The van der Waals surface area contributed by atoms with Gasteiger partial charge in [-0.25, -0.2) is 9.78 Å². The molecule has 4 N–H and O–H groups in total. The molecule has 1 aromatic rings. The van der Waals surface area contributed by atoms with E-state index in [0.717, 1.165) is 0 Å². The molecule has 0 aromatic carbocycles. The lowest BCUT2D eigenvalue weighted by Crippen LogP contribution is -2.20. The number of aromatic carboxylic acids is 1. The number of anilines is 1. The standard InChI is InChI=1S/C11H15N3O3/c1-7(5-12)4-10(15)14-8-2-3-9(11(16)17)13-6-8/h2-3,6-7H,4-5,12H2,1H3,(H,14,15)(H,16,17). The number of amides is 1. The van der Waals surface area contributed by atoms with Crippen LogP contribution in [0.5, 0.6) is 0 Å². The van der Waals surface area contributed by atoms with Gasteiger partial charge in [0.25, 0.3) is 0 Å². The topological polar surface area (TPSA) is 105 Å². The van der Waals surface area contributed by atoms with Gasteiger partial charge >= 0.3 is 5.97 Å². The van der Waals surface area contributed by atoms with Crippen LogP contribution < -0.4 is 11.1 Å². The summed E-state index contributed by atoms with van der Waals surface area (Å²) in [6.45, 7) is 2.33. The molecule has 6 heteroatoms. The summed E-state index contributed by atoms with van der Waals surface area (Å²) in [7, 11) is 0. The molecule has 0 saturated heterocycles. The summed E-state index contributed by atoms with van der Waals surface area (Å²) in [5, 5.41) is 11.3. The zero-order valence-electron chi connectivity index (χ0n) is 9.51. The number of carbonyl (C=O) groups is 2. The Bertz CT molecular complexity index is 403. The number of nitrogens with one attached hydrogen (secondary N) is 1. The maximum absolute atomic E-state index is 11.5. The molecule has 0 bridgehead atoms. The van der Waals surface area contributed by atoms with Gasteiger partial charge in [0, 0.05) is 6.42 Å². The van der Waals surface area contributed by atoms with Crippen LogP contribution in [0.3, 0.4) is 0 Å². The van der Waals surface area contributed by atoms with Crippen molar-refractivity contribution in [3.8, 4) is 0 Å². The Morgan fingerprint density at radius 3 is 2.71 bits per heavy atom. The molecule has 1 rings (SSSR count). The number of nitrogens with zero attached hydrogens (tertiary/aromatic N) is 1. The van der Waals surface area contributed by atoms with Crippen LogP contribution in [-0.4, -0.2) is 28.5 Å². The number of pyridine rings is 1. The highest BCUT2D eigenvalue weighted by molar-refractivity contribution is 5.91. The minimum atomic E-state index is -1.10. The molecule has 17 heavy (non-hydrogen) atoms. The monoisotopic (exact) mass is 237 g/mol. The van der Waals surface area contributed by atoms with Gasteiger partial charge in [0.1, 0.15) is 5.69 Å². The van der Waals surface area contributed by atoms with E-state index in [4.69, 9.17) is 10.8 Å². The van der Waals surface area contributed by atoms with Gasteiger partial charge in [-0.1, -0.05) is 6.92 Å². The fourth-order valence-corrected chi connectivity index (χ4v) is 1.21. The van der Waals surface area contributed by atoms with Crippen molar-refractivity contribution >= 4 is 17.6 Å². The van der Waals surface area contributed by atoms with E-state index in [-0.39, 0.29) is 17.5 Å². The van der Waals surface area contributed by atoms with Crippen LogP contribution in [0.4, 0.5) is 5.69 Å². The van der Waals surface area contributed by atoms with Crippen molar-refractivity contribution < 1.29 is 14.7 Å². The van der Waals surface area contributed by atoms with E-state index in [9.17, 15) is 9.59 Å². The quantitative estimate of drug-likeness (QED) is 0.699. The van der Waals surface area contributed by atoms with Gasteiger partial charge in [0.05, 0.1) is 11.9 Å². The van der Waals surface area contributed by atoms with Gasteiger partial charge in [-0.3, -0.25) is 4.79 Å². The van der Waals surface area contributed by atoms with Gasteiger partial charge in [0.2, 0.25) is 5.91 Å². The van der Waals surface area contributed by atoms with E-state index in [1.807, 2.05) is 6.92 Å². The summed E-state index contributed by atoms with van der Waals surface area (Å²) in [5.41, 5.74) is 5.83. The van der Waals surface area contributed by atoms with E-state index in [2.05, 4.69) is 10.3 Å². The Morgan fingerprint density at radius 1 is 1.53 bits per heavy atom. The number of nitrogens with two attached hydrogens (primary N) is 1. The lowest BCUT2D eigenvalue weighted by Gasteiger charge is -2.08. The molecule has 1 unspecified atom stereocenters. The molecule has 0 fully saturated rings. The molecule has 0 aliphatic rings. The van der Waals surface area contributed by atoms with Crippen LogP contribution in [-0.2, 0) is 4.79 Å². The van der Waals surface area contributed by atoms with Crippen LogP contribution in [0.25, 0.3) is 0 Å². The Morgan fingerprint density at radius 2 is 2.24 bits per heavy atom. The Kier molecular flexibility index (Phi) is 4.59. The molecule has 0 aliphatic carbocycles. The number of carboxylic acids is 1. The minimum absolute atomic E-state index is 0.0571. The first-order valence-corrected chi connectivity index (χ1v) is 5.22. The second kappa shape index (κ2) is 5.95. The number of hydrogen-bond acceptors (Lipinski definition) is 4. The lowest BCUT2D eigenvalue weighted by molar-refractivity contribution is -0.116. The van der Waals surface area contributed by atoms with Gasteiger partial charge in [-0.15, -0.1) is 0 Å². The van der Waals surface area contributed by atoms with Crippen molar-refractivity contribution in [2.45, 2.75) is 13.3 Å². The van der Waals surface area contributed by atoms with E-state index in [1.165, 1.54) is 18.3 Å². The summed E-state index contributed by atoms with van der Waals surface area (Å²) in [6, 6.07) is 2.84. The van der Waals surface area contributed by atoms with Gasteiger partial charge in [-0.2, -0.15) is 0 Å². The van der Waals surface area contributed by atoms with Crippen LogP contribution in [0, 0.1) is 5.92 Å². The third-order valence-electron chi connectivity index (χ3n) is 2.20. The van der Waals surface area contributed by atoms with Gasteiger partial charge in [0.15, 0.2) is 0 Å². The van der Waals surface area contributed by atoms with E-state index in [1.54, 1.807) is 0 Å². The second-order valence-electron chi connectivity index (χ2n) is 3.83. The van der Waals surface area contributed by atoms with Crippen LogP contribution in [0.2, 0.25) is 0 Å².